The molecule has 0 amide bonds. The van der Waals surface area contributed by atoms with Gasteiger partial charge in [-0.05, 0) is 30.7 Å². The zero-order valence-corrected chi connectivity index (χ0v) is 11.9. The van der Waals surface area contributed by atoms with Crippen LogP contribution in [0.25, 0.3) is 0 Å². The second-order valence-electron chi connectivity index (χ2n) is 5.58. The van der Waals surface area contributed by atoms with Crippen LogP contribution in [0.5, 0.6) is 0 Å². The lowest BCUT2D eigenvalue weighted by molar-refractivity contribution is -0.140. The second-order valence-corrected chi connectivity index (χ2v) is 5.58. The molecule has 4 heteroatoms. The topological polar surface area (TPSA) is 51.8 Å². The fourth-order valence-electron chi connectivity index (χ4n) is 3.15. The van der Waals surface area contributed by atoms with Gasteiger partial charge in [-0.1, -0.05) is 30.4 Å². The molecule has 1 aromatic heterocycles. The van der Waals surface area contributed by atoms with Crippen LogP contribution in [0.3, 0.4) is 0 Å². The number of benzene rings is 1. The van der Waals surface area contributed by atoms with Gasteiger partial charge in [-0.15, -0.1) is 0 Å². The van der Waals surface area contributed by atoms with E-state index in [1.807, 2.05) is 48.5 Å². The zero-order chi connectivity index (χ0) is 15.0. The smallest absolute Gasteiger partial charge is 0.342 e. The number of carbonyl (C=O) groups is 1. The van der Waals surface area contributed by atoms with Gasteiger partial charge >= 0.3 is 5.97 Å². The van der Waals surface area contributed by atoms with Gasteiger partial charge in [0.15, 0.2) is 5.54 Å². The SMILES string of the molecule is O=C1OC(c2ccccc2)=N[C@@]12CC=CC[C@H]2c1ccco1. The lowest BCUT2D eigenvalue weighted by atomic mass is 9.75. The van der Waals surface area contributed by atoms with Gasteiger partial charge in [-0.3, -0.25) is 0 Å². The number of allylic oxidation sites excluding steroid dienone is 1. The number of carbonyl (C=O) groups excluding carboxylic acids is 1. The molecular weight excluding hydrogens is 278 g/mol. The molecule has 1 spiro atoms. The summed E-state index contributed by atoms with van der Waals surface area (Å²) in [6.45, 7) is 0. The van der Waals surface area contributed by atoms with E-state index in [4.69, 9.17) is 14.1 Å². The van der Waals surface area contributed by atoms with Crippen LogP contribution in [0.4, 0.5) is 0 Å². The highest BCUT2D eigenvalue weighted by molar-refractivity contribution is 6.08. The van der Waals surface area contributed by atoms with Gasteiger partial charge in [0, 0.05) is 12.0 Å². The predicted molar refractivity (Wildman–Crippen MR) is 81.6 cm³/mol. The standard InChI is InChI=1S/C18H15NO3/c20-17-18(19-16(22-17)13-7-2-1-3-8-13)11-5-4-9-14(18)15-10-6-12-21-15/h1-8,10,12,14H,9,11H2/t14-,18+/m0/s1. The number of aliphatic imine (C=N–C) groups is 1. The highest BCUT2D eigenvalue weighted by Gasteiger charge is 2.53. The molecule has 4 nitrogen and oxygen atoms in total. The quantitative estimate of drug-likeness (QED) is 0.629. The minimum Gasteiger partial charge on any atom is -0.469 e. The van der Waals surface area contributed by atoms with Gasteiger partial charge in [-0.25, -0.2) is 9.79 Å². The largest absolute Gasteiger partial charge is 0.469 e. The van der Waals surface area contributed by atoms with Crippen molar-refractivity contribution in [1.82, 2.24) is 0 Å². The Hall–Kier alpha value is -2.62. The van der Waals surface area contributed by atoms with Crippen molar-refractivity contribution in [2.24, 2.45) is 4.99 Å². The van der Waals surface area contributed by atoms with Gasteiger partial charge < -0.3 is 9.15 Å². The molecule has 0 N–H and O–H groups in total. The van der Waals surface area contributed by atoms with E-state index in [0.717, 1.165) is 11.3 Å². The molecule has 0 saturated heterocycles. The Kier molecular flexibility index (Phi) is 2.96. The zero-order valence-electron chi connectivity index (χ0n) is 11.9. The van der Waals surface area contributed by atoms with E-state index in [0.29, 0.717) is 18.7 Å². The van der Waals surface area contributed by atoms with Gasteiger partial charge in [0.2, 0.25) is 5.90 Å². The Balaban J connectivity index is 1.79. The predicted octanol–water partition coefficient (Wildman–Crippen LogP) is 3.46. The van der Waals surface area contributed by atoms with E-state index in [9.17, 15) is 4.79 Å². The fourth-order valence-corrected chi connectivity index (χ4v) is 3.15. The molecule has 0 fully saturated rings. The minimum absolute atomic E-state index is 0.124. The number of hydrogen-bond acceptors (Lipinski definition) is 4. The third-order valence-corrected chi connectivity index (χ3v) is 4.30. The van der Waals surface area contributed by atoms with Crippen LogP contribution in [0.1, 0.15) is 30.1 Å². The number of hydrogen-bond donors (Lipinski definition) is 0. The van der Waals surface area contributed by atoms with Crippen LogP contribution in [0.15, 0.2) is 70.3 Å². The van der Waals surface area contributed by atoms with Crippen LogP contribution in [-0.4, -0.2) is 17.4 Å². The number of rotatable bonds is 2. The van der Waals surface area contributed by atoms with Gasteiger partial charge in [0.1, 0.15) is 5.76 Å². The lowest BCUT2D eigenvalue weighted by Crippen LogP contribution is -2.41. The number of furan rings is 1. The summed E-state index contributed by atoms with van der Waals surface area (Å²) < 4.78 is 11.0. The third kappa shape index (κ3) is 1.91. The van der Waals surface area contributed by atoms with Crippen molar-refractivity contribution in [2.75, 3.05) is 0 Å². The number of nitrogens with zero attached hydrogens (tertiary/aromatic N) is 1. The van der Waals surface area contributed by atoms with Crippen LogP contribution in [-0.2, 0) is 9.53 Å². The summed E-state index contributed by atoms with van der Waals surface area (Å²) in [5.41, 5.74) is -0.0851. The van der Waals surface area contributed by atoms with E-state index >= 15 is 0 Å². The molecule has 0 saturated carbocycles. The van der Waals surface area contributed by atoms with Gasteiger partial charge in [0.25, 0.3) is 0 Å². The summed E-state index contributed by atoms with van der Waals surface area (Å²) >= 11 is 0. The van der Waals surface area contributed by atoms with Crippen LogP contribution in [0.2, 0.25) is 0 Å². The summed E-state index contributed by atoms with van der Waals surface area (Å²) in [5, 5.41) is 0. The fraction of sp³-hybridized carbons (Fsp3) is 0.222. The van der Waals surface area contributed by atoms with Crippen LogP contribution >= 0.6 is 0 Å². The maximum Gasteiger partial charge on any atom is 0.342 e. The molecule has 2 atom stereocenters. The molecule has 1 aliphatic carbocycles. The Morgan fingerprint density at radius 3 is 2.73 bits per heavy atom. The summed E-state index contributed by atoms with van der Waals surface area (Å²) in [6, 6.07) is 13.3. The Bertz CT molecular complexity index is 746. The normalized spacial score (nSPS) is 27.0. The summed E-state index contributed by atoms with van der Waals surface area (Å²) in [5.74, 6) is 0.759. The first-order chi connectivity index (χ1) is 10.8. The van der Waals surface area contributed by atoms with Crippen LogP contribution < -0.4 is 0 Å². The van der Waals surface area contributed by atoms with Gasteiger partial charge in [-0.2, -0.15) is 0 Å². The maximum absolute atomic E-state index is 12.6. The number of esters is 1. The van der Waals surface area contributed by atoms with Crippen molar-refractivity contribution in [1.29, 1.82) is 0 Å². The maximum atomic E-state index is 12.6. The first-order valence-electron chi connectivity index (χ1n) is 7.35. The number of ether oxygens (including phenoxy) is 1. The molecule has 110 valence electrons. The Labute approximate surface area is 128 Å². The van der Waals surface area contributed by atoms with E-state index in [-0.39, 0.29) is 11.9 Å². The van der Waals surface area contributed by atoms with Gasteiger partial charge in [0.05, 0.1) is 12.2 Å². The monoisotopic (exact) mass is 293 g/mol. The van der Waals surface area contributed by atoms with Crippen molar-refractivity contribution in [3.05, 3.63) is 72.2 Å². The van der Waals surface area contributed by atoms with Crippen molar-refractivity contribution in [3.63, 3.8) is 0 Å². The highest BCUT2D eigenvalue weighted by atomic mass is 16.6. The van der Waals surface area contributed by atoms with Crippen molar-refractivity contribution >= 4 is 11.9 Å². The minimum atomic E-state index is -0.905. The number of cyclic esters (lactones) is 1. The summed E-state index contributed by atoms with van der Waals surface area (Å²) in [7, 11) is 0. The van der Waals surface area contributed by atoms with Crippen molar-refractivity contribution < 1.29 is 13.9 Å². The molecule has 4 rings (SSSR count). The third-order valence-electron chi connectivity index (χ3n) is 4.30. The average molecular weight is 293 g/mol. The molecule has 1 aromatic carbocycles. The first kappa shape index (κ1) is 13.1. The molecular formula is C18H15NO3. The van der Waals surface area contributed by atoms with E-state index in [2.05, 4.69) is 6.08 Å². The van der Waals surface area contributed by atoms with E-state index in [1.54, 1.807) is 6.26 Å². The lowest BCUT2D eigenvalue weighted by Gasteiger charge is -2.31. The van der Waals surface area contributed by atoms with Crippen molar-refractivity contribution in [2.45, 2.75) is 24.3 Å². The van der Waals surface area contributed by atoms with E-state index in [1.165, 1.54) is 0 Å². The molecule has 22 heavy (non-hydrogen) atoms. The molecule has 0 radical (unpaired) electrons. The molecule has 0 unspecified atom stereocenters. The summed E-state index contributed by atoms with van der Waals surface area (Å²) in [6.07, 6.45) is 6.95. The first-order valence-corrected chi connectivity index (χ1v) is 7.35. The van der Waals surface area contributed by atoms with Crippen LogP contribution in [0, 0.1) is 0 Å². The average Bonchev–Trinajstić information content (AvgIpc) is 3.19. The second kappa shape index (κ2) is 4.98. The molecule has 2 aliphatic rings. The molecule has 1 aliphatic heterocycles. The Morgan fingerprint density at radius 2 is 1.95 bits per heavy atom. The Morgan fingerprint density at radius 1 is 1.09 bits per heavy atom. The highest BCUT2D eigenvalue weighted by Crippen LogP contribution is 2.44. The molecule has 2 heterocycles. The van der Waals surface area contributed by atoms with E-state index < -0.39 is 5.54 Å². The molecule has 0 bridgehead atoms. The molecule has 2 aromatic rings. The van der Waals surface area contributed by atoms with Crippen molar-refractivity contribution in [3.8, 4) is 0 Å². The summed E-state index contributed by atoms with van der Waals surface area (Å²) in [4.78, 5) is 17.3.